The summed E-state index contributed by atoms with van der Waals surface area (Å²) < 4.78 is 0. The van der Waals surface area contributed by atoms with E-state index in [2.05, 4.69) is 24.4 Å². The Kier molecular flexibility index (Phi) is 3.39. The van der Waals surface area contributed by atoms with Gasteiger partial charge in [0.1, 0.15) is 0 Å². The van der Waals surface area contributed by atoms with Crippen LogP contribution in [0.2, 0.25) is 0 Å². The van der Waals surface area contributed by atoms with Gasteiger partial charge in [0.2, 0.25) is 0 Å². The van der Waals surface area contributed by atoms with Crippen molar-refractivity contribution in [3.63, 3.8) is 0 Å². The number of hydrogen-bond donors (Lipinski definition) is 2. The molecule has 0 saturated carbocycles. The number of aliphatic hydroxyl groups is 1. The molecule has 1 atom stereocenters. The Labute approximate surface area is 91.3 Å². The summed E-state index contributed by atoms with van der Waals surface area (Å²) in [6.45, 7) is 4.14. The number of hydrogen-bond acceptors (Lipinski definition) is 2. The molecule has 2 N–H and O–H groups in total. The van der Waals surface area contributed by atoms with E-state index in [1.165, 1.54) is 5.56 Å². The monoisotopic (exact) mass is 205 g/mol. The number of rotatable bonds is 2. The van der Waals surface area contributed by atoms with Crippen LogP contribution >= 0.6 is 0 Å². The second-order valence-electron chi connectivity index (χ2n) is 4.44. The van der Waals surface area contributed by atoms with Crippen LogP contribution in [0.25, 0.3) is 0 Å². The van der Waals surface area contributed by atoms with Crippen LogP contribution in [-0.2, 0) is 0 Å². The molecule has 0 aliphatic carbocycles. The number of aliphatic hydroxyl groups excluding tert-OH is 1. The lowest BCUT2D eigenvalue weighted by Crippen LogP contribution is -2.30. The average Bonchev–Trinajstić information content (AvgIpc) is 2.30. The van der Waals surface area contributed by atoms with Gasteiger partial charge in [-0.3, -0.25) is 0 Å². The summed E-state index contributed by atoms with van der Waals surface area (Å²) >= 11 is 0. The maximum absolute atomic E-state index is 10.2. The molecule has 15 heavy (non-hydrogen) atoms. The van der Waals surface area contributed by atoms with E-state index in [1.54, 1.807) is 0 Å². The van der Waals surface area contributed by atoms with Gasteiger partial charge in [0.25, 0.3) is 0 Å². The molecular formula is C13H19NO. The molecular weight excluding hydrogens is 186 g/mol. The predicted octanol–water partition coefficient (Wildman–Crippen LogP) is 2.03. The minimum absolute atomic E-state index is 0.285. The van der Waals surface area contributed by atoms with Gasteiger partial charge in [-0.05, 0) is 44.3 Å². The Bertz CT molecular complexity index is 301. The van der Waals surface area contributed by atoms with Crippen LogP contribution in [0.4, 0.5) is 0 Å². The zero-order valence-electron chi connectivity index (χ0n) is 9.24. The van der Waals surface area contributed by atoms with Crippen molar-refractivity contribution in [3.8, 4) is 0 Å². The lowest BCUT2D eigenvalue weighted by atomic mass is 9.88. The van der Waals surface area contributed by atoms with Crippen LogP contribution < -0.4 is 5.32 Å². The van der Waals surface area contributed by atoms with Crippen molar-refractivity contribution < 1.29 is 5.11 Å². The summed E-state index contributed by atoms with van der Waals surface area (Å²) in [7, 11) is 0. The predicted molar refractivity (Wildman–Crippen MR) is 61.7 cm³/mol. The largest absolute Gasteiger partial charge is 0.388 e. The highest BCUT2D eigenvalue weighted by Gasteiger charge is 2.22. The van der Waals surface area contributed by atoms with Crippen LogP contribution in [-0.4, -0.2) is 18.2 Å². The first-order chi connectivity index (χ1) is 7.27. The number of aryl methyl sites for hydroxylation is 1. The number of benzene rings is 1. The molecule has 1 heterocycles. The normalized spacial score (nSPS) is 20.1. The van der Waals surface area contributed by atoms with Crippen molar-refractivity contribution in [3.05, 3.63) is 35.4 Å². The van der Waals surface area contributed by atoms with Crippen molar-refractivity contribution in [1.29, 1.82) is 0 Å². The first-order valence-electron chi connectivity index (χ1n) is 5.73. The van der Waals surface area contributed by atoms with E-state index in [0.717, 1.165) is 31.5 Å². The highest BCUT2D eigenvalue weighted by molar-refractivity contribution is 5.23. The van der Waals surface area contributed by atoms with Gasteiger partial charge in [-0.25, -0.2) is 0 Å². The second-order valence-corrected chi connectivity index (χ2v) is 4.44. The van der Waals surface area contributed by atoms with Gasteiger partial charge in [0, 0.05) is 0 Å². The molecule has 2 nitrogen and oxygen atoms in total. The molecule has 1 aromatic rings. The fourth-order valence-electron chi connectivity index (χ4n) is 2.20. The molecule has 0 aromatic heterocycles. The molecule has 0 amide bonds. The first-order valence-corrected chi connectivity index (χ1v) is 5.73. The number of nitrogens with one attached hydrogen (secondary N) is 1. The summed E-state index contributed by atoms with van der Waals surface area (Å²) in [5.41, 5.74) is 2.31. The van der Waals surface area contributed by atoms with Gasteiger partial charge in [-0.2, -0.15) is 0 Å². The standard InChI is InChI=1S/C13H19NO/c1-10-2-4-11(5-3-10)13(15)12-6-8-14-9-7-12/h2-5,12-15H,6-9H2,1H3. The number of piperidine rings is 1. The smallest absolute Gasteiger partial charge is 0.0819 e. The maximum Gasteiger partial charge on any atom is 0.0819 e. The fraction of sp³-hybridized carbons (Fsp3) is 0.538. The van der Waals surface area contributed by atoms with E-state index in [4.69, 9.17) is 0 Å². The van der Waals surface area contributed by atoms with E-state index in [9.17, 15) is 5.11 Å². The molecule has 0 spiro atoms. The average molecular weight is 205 g/mol. The van der Waals surface area contributed by atoms with Gasteiger partial charge in [-0.1, -0.05) is 29.8 Å². The third-order valence-corrected chi connectivity index (χ3v) is 3.25. The molecule has 1 aromatic carbocycles. The van der Waals surface area contributed by atoms with Gasteiger partial charge in [0.15, 0.2) is 0 Å². The van der Waals surface area contributed by atoms with E-state index in [0.29, 0.717) is 5.92 Å². The molecule has 82 valence electrons. The third-order valence-electron chi connectivity index (χ3n) is 3.25. The van der Waals surface area contributed by atoms with Crippen LogP contribution in [0.5, 0.6) is 0 Å². The van der Waals surface area contributed by atoms with Gasteiger partial charge >= 0.3 is 0 Å². The van der Waals surface area contributed by atoms with E-state index < -0.39 is 0 Å². The summed E-state index contributed by atoms with van der Waals surface area (Å²) in [5.74, 6) is 0.425. The molecule has 2 rings (SSSR count). The Hall–Kier alpha value is -0.860. The third kappa shape index (κ3) is 2.58. The van der Waals surface area contributed by atoms with Crippen LogP contribution in [0.3, 0.4) is 0 Å². The van der Waals surface area contributed by atoms with Gasteiger partial charge in [0.05, 0.1) is 6.10 Å². The van der Waals surface area contributed by atoms with E-state index >= 15 is 0 Å². The molecule has 1 saturated heterocycles. The molecule has 2 heteroatoms. The van der Waals surface area contributed by atoms with Gasteiger partial charge in [-0.15, -0.1) is 0 Å². The van der Waals surface area contributed by atoms with Crippen molar-refractivity contribution in [2.75, 3.05) is 13.1 Å². The van der Waals surface area contributed by atoms with Gasteiger partial charge < -0.3 is 10.4 Å². The van der Waals surface area contributed by atoms with E-state index in [-0.39, 0.29) is 6.10 Å². The van der Waals surface area contributed by atoms with E-state index in [1.807, 2.05) is 12.1 Å². The summed E-state index contributed by atoms with van der Waals surface area (Å²) in [6.07, 6.45) is 1.87. The summed E-state index contributed by atoms with van der Waals surface area (Å²) in [5, 5.41) is 13.5. The molecule has 1 fully saturated rings. The Morgan fingerprint density at radius 2 is 1.80 bits per heavy atom. The maximum atomic E-state index is 10.2. The van der Waals surface area contributed by atoms with Crippen molar-refractivity contribution in [1.82, 2.24) is 5.32 Å². The quantitative estimate of drug-likeness (QED) is 0.774. The topological polar surface area (TPSA) is 32.3 Å². The lowest BCUT2D eigenvalue weighted by Gasteiger charge is -2.27. The first kappa shape index (κ1) is 10.7. The lowest BCUT2D eigenvalue weighted by molar-refractivity contribution is 0.0889. The zero-order chi connectivity index (χ0) is 10.7. The fourth-order valence-corrected chi connectivity index (χ4v) is 2.20. The van der Waals surface area contributed by atoms with Crippen LogP contribution in [0.1, 0.15) is 30.1 Å². The Morgan fingerprint density at radius 3 is 2.40 bits per heavy atom. The summed E-state index contributed by atoms with van der Waals surface area (Å²) in [4.78, 5) is 0. The van der Waals surface area contributed by atoms with Crippen molar-refractivity contribution in [2.24, 2.45) is 5.92 Å². The van der Waals surface area contributed by atoms with Crippen molar-refractivity contribution in [2.45, 2.75) is 25.9 Å². The highest BCUT2D eigenvalue weighted by atomic mass is 16.3. The minimum Gasteiger partial charge on any atom is -0.388 e. The highest BCUT2D eigenvalue weighted by Crippen LogP contribution is 2.28. The van der Waals surface area contributed by atoms with Crippen LogP contribution in [0.15, 0.2) is 24.3 Å². The van der Waals surface area contributed by atoms with Crippen molar-refractivity contribution >= 4 is 0 Å². The molecule has 1 unspecified atom stereocenters. The Balaban J connectivity index is 2.05. The van der Waals surface area contributed by atoms with Crippen LogP contribution in [0, 0.1) is 12.8 Å². The summed E-state index contributed by atoms with van der Waals surface area (Å²) in [6, 6.07) is 8.23. The molecule has 0 radical (unpaired) electrons. The molecule has 0 bridgehead atoms. The zero-order valence-corrected chi connectivity index (χ0v) is 9.24. The Morgan fingerprint density at radius 1 is 1.20 bits per heavy atom. The second kappa shape index (κ2) is 4.77. The molecule has 1 aliphatic heterocycles. The molecule has 1 aliphatic rings. The SMILES string of the molecule is Cc1ccc(C(O)C2CCNCC2)cc1. The minimum atomic E-state index is -0.285.